The molecule has 0 atom stereocenters. The molecular formula is C15H9ClF3N3S. The van der Waals surface area contributed by atoms with Crippen molar-refractivity contribution in [3.63, 3.8) is 0 Å². The van der Waals surface area contributed by atoms with Gasteiger partial charge in [-0.2, -0.15) is 13.2 Å². The minimum atomic E-state index is -4.54. The summed E-state index contributed by atoms with van der Waals surface area (Å²) in [4.78, 5) is 8.43. The topological polar surface area (TPSA) is 30.7 Å². The highest BCUT2D eigenvalue weighted by molar-refractivity contribution is 7.99. The zero-order valence-corrected chi connectivity index (χ0v) is 13.1. The van der Waals surface area contributed by atoms with Crippen LogP contribution in [0.15, 0.2) is 35.5 Å². The summed E-state index contributed by atoms with van der Waals surface area (Å²) in [5.74, 6) is 0.886. The maximum absolute atomic E-state index is 13.3. The lowest BCUT2D eigenvalue weighted by Gasteiger charge is -2.14. The summed E-state index contributed by atoms with van der Waals surface area (Å²) in [5, 5.41) is 0.546. The van der Waals surface area contributed by atoms with E-state index < -0.39 is 11.7 Å². The molecule has 4 rings (SSSR count). The SMILES string of the molecule is FC(F)(F)c1cnc(Cl)nc1-c1cn2c3c(cccc13)SCC2. The first-order chi connectivity index (χ1) is 10.9. The lowest BCUT2D eigenvalue weighted by atomic mass is 10.1. The number of benzene rings is 1. The smallest absolute Gasteiger partial charge is 0.345 e. The lowest BCUT2D eigenvalue weighted by Crippen LogP contribution is -2.09. The second kappa shape index (κ2) is 5.14. The van der Waals surface area contributed by atoms with Crippen molar-refractivity contribution in [1.29, 1.82) is 0 Å². The van der Waals surface area contributed by atoms with Crippen molar-refractivity contribution in [3.05, 3.63) is 41.4 Å². The standard InChI is InChI=1S/C15H9ClF3N3S/c16-14-20-6-10(15(17,18)19)12(21-14)9-7-22-4-5-23-11-3-1-2-8(9)13(11)22/h1-3,6-7H,4-5H2. The highest BCUT2D eigenvalue weighted by atomic mass is 35.5. The van der Waals surface area contributed by atoms with Crippen LogP contribution >= 0.6 is 23.4 Å². The van der Waals surface area contributed by atoms with E-state index in [4.69, 9.17) is 11.6 Å². The van der Waals surface area contributed by atoms with Gasteiger partial charge in [0.15, 0.2) is 0 Å². The summed E-state index contributed by atoms with van der Waals surface area (Å²) < 4.78 is 41.9. The Morgan fingerprint density at radius 2 is 2.09 bits per heavy atom. The maximum atomic E-state index is 13.3. The zero-order chi connectivity index (χ0) is 16.2. The van der Waals surface area contributed by atoms with Gasteiger partial charge in [0.05, 0.1) is 11.2 Å². The summed E-state index contributed by atoms with van der Waals surface area (Å²) >= 11 is 7.45. The lowest BCUT2D eigenvalue weighted by molar-refractivity contribution is -0.137. The molecule has 0 amide bonds. The minimum absolute atomic E-state index is 0.176. The minimum Gasteiger partial charge on any atom is -0.345 e. The molecule has 118 valence electrons. The number of thioether (sulfide) groups is 1. The summed E-state index contributed by atoms with van der Waals surface area (Å²) in [7, 11) is 0. The number of para-hydroxylation sites is 1. The molecule has 3 heterocycles. The van der Waals surface area contributed by atoms with Gasteiger partial charge in [-0.3, -0.25) is 0 Å². The highest BCUT2D eigenvalue weighted by Gasteiger charge is 2.36. The molecule has 1 aliphatic rings. The Bertz CT molecular complexity index is 920. The summed E-state index contributed by atoms with van der Waals surface area (Å²) in [5.41, 5.74) is 0.325. The second-order valence-electron chi connectivity index (χ2n) is 5.14. The van der Waals surface area contributed by atoms with E-state index in [1.165, 1.54) is 0 Å². The molecule has 0 fully saturated rings. The molecule has 23 heavy (non-hydrogen) atoms. The monoisotopic (exact) mass is 355 g/mol. The number of aromatic nitrogens is 3. The van der Waals surface area contributed by atoms with Crippen LogP contribution in [-0.4, -0.2) is 20.3 Å². The fourth-order valence-electron chi connectivity index (χ4n) is 2.83. The van der Waals surface area contributed by atoms with E-state index in [-0.39, 0.29) is 11.0 Å². The molecule has 3 aromatic rings. The van der Waals surface area contributed by atoms with Crippen molar-refractivity contribution in [2.75, 3.05) is 5.75 Å². The van der Waals surface area contributed by atoms with Gasteiger partial charge < -0.3 is 4.57 Å². The number of hydrogen-bond donors (Lipinski definition) is 0. The van der Waals surface area contributed by atoms with E-state index in [1.807, 2.05) is 22.8 Å². The molecule has 1 aromatic carbocycles. The van der Waals surface area contributed by atoms with Crippen LogP contribution in [0, 0.1) is 0 Å². The van der Waals surface area contributed by atoms with Crippen molar-refractivity contribution < 1.29 is 13.2 Å². The predicted molar refractivity (Wildman–Crippen MR) is 83.7 cm³/mol. The summed E-state index contributed by atoms with van der Waals surface area (Å²) in [6.07, 6.45) is -2.07. The highest BCUT2D eigenvalue weighted by Crippen LogP contribution is 2.42. The first kappa shape index (κ1) is 14.8. The van der Waals surface area contributed by atoms with Crippen LogP contribution in [0.1, 0.15) is 5.56 Å². The Hall–Kier alpha value is -1.73. The van der Waals surface area contributed by atoms with E-state index in [0.29, 0.717) is 5.56 Å². The van der Waals surface area contributed by atoms with Gasteiger partial charge in [-0.1, -0.05) is 12.1 Å². The molecule has 8 heteroatoms. The van der Waals surface area contributed by atoms with Crippen LogP contribution in [0.2, 0.25) is 5.28 Å². The number of rotatable bonds is 1. The average Bonchev–Trinajstić information content (AvgIpc) is 2.87. The quantitative estimate of drug-likeness (QED) is 0.583. The second-order valence-corrected chi connectivity index (χ2v) is 6.61. The Labute approximate surface area is 138 Å². The average molecular weight is 356 g/mol. The molecule has 0 saturated carbocycles. The Morgan fingerprint density at radius 1 is 1.26 bits per heavy atom. The maximum Gasteiger partial charge on any atom is 0.419 e. The third kappa shape index (κ3) is 2.38. The number of halogens is 4. The number of alkyl halides is 3. The Kier molecular flexibility index (Phi) is 3.32. The normalized spacial score (nSPS) is 14.4. The van der Waals surface area contributed by atoms with Crippen LogP contribution in [0.3, 0.4) is 0 Å². The summed E-state index contributed by atoms with van der Waals surface area (Å²) in [6.45, 7) is 0.748. The first-order valence-corrected chi connectivity index (χ1v) is 8.16. The molecule has 0 spiro atoms. The van der Waals surface area contributed by atoms with E-state index in [1.54, 1.807) is 18.0 Å². The molecule has 0 bridgehead atoms. The van der Waals surface area contributed by atoms with Crippen molar-refractivity contribution in [2.24, 2.45) is 0 Å². The molecular weight excluding hydrogens is 347 g/mol. The van der Waals surface area contributed by atoms with Gasteiger partial charge in [0.1, 0.15) is 5.56 Å². The van der Waals surface area contributed by atoms with Crippen LogP contribution in [0.5, 0.6) is 0 Å². The number of hydrogen-bond acceptors (Lipinski definition) is 3. The van der Waals surface area contributed by atoms with Gasteiger partial charge in [-0.25, -0.2) is 9.97 Å². The van der Waals surface area contributed by atoms with Gasteiger partial charge in [-0.05, 0) is 17.7 Å². The fourth-order valence-corrected chi connectivity index (χ4v) is 4.01. The van der Waals surface area contributed by atoms with Crippen LogP contribution in [0.25, 0.3) is 22.2 Å². The Morgan fingerprint density at radius 3 is 2.87 bits per heavy atom. The van der Waals surface area contributed by atoms with Crippen molar-refractivity contribution in [2.45, 2.75) is 17.6 Å². The molecule has 2 aromatic heterocycles. The zero-order valence-electron chi connectivity index (χ0n) is 11.6. The third-order valence-corrected chi connectivity index (χ3v) is 4.98. The molecule has 0 N–H and O–H groups in total. The summed E-state index contributed by atoms with van der Waals surface area (Å²) in [6, 6.07) is 5.64. The number of nitrogens with zero attached hydrogens (tertiary/aromatic N) is 3. The van der Waals surface area contributed by atoms with Crippen molar-refractivity contribution >= 4 is 34.3 Å². The van der Waals surface area contributed by atoms with Crippen LogP contribution < -0.4 is 0 Å². The van der Waals surface area contributed by atoms with E-state index in [0.717, 1.165) is 34.3 Å². The predicted octanol–water partition coefficient (Wildman–Crippen LogP) is 4.88. The molecule has 3 nitrogen and oxygen atoms in total. The van der Waals surface area contributed by atoms with E-state index >= 15 is 0 Å². The third-order valence-electron chi connectivity index (χ3n) is 3.77. The molecule has 1 aliphatic heterocycles. The number of aryl methyl sites for hydroxylation is 1. The van der Waals surface area contributed by atoms with Crippen molar-refractivity contribution in [3.8, 4) is 11.3 Å². The largest absolute Gasteiger partial charge is 0.419 e. The van der Waals surface area contributed by atoms with Gasteiger partial charge in [-0.15, -0.1) is 11.8 Å². The van der Waals surface area contributed by atoms with Crippen LogP contribution in [0.4, 0.5) is 13.2 Å². The fraction of sp³-hybridized carbons (Fsp3) is 0.200. The first-order valence-electron chi connectivity index (χ1n) is 6.80. The van der Waals surface area contributed by atoms with Gasteiger partial charge in [0, 0.05) is 40.5 Å². The van der Waals surface area contributed by atoms with E-state index in [2.05, 4.69) is 9.97 Å². The molecule has 0 saturated heterocycles. The van der Waals surface area contributed by atoms with Crippen LogP contribution in [-0.2, 0) is 12.7 Å². The van der Waals surface area contributed by atoms with Gasteiger partial charge >= 0.3 is 6.18 Å². The van der Waals surface area contributed by atoms with Crippen molar-refractivity contribution in [1.82, 2.24) is 14.5 Å². The molecule has 0 radical (unpaired) electrons. The Balaban J connectivity index is 2.05. The molecule has 0 aliphatic carbocycles. The van der Waals surface area contributed by atoms with E-state index in [9.17, 15) is 13.2 Å². The van der Waals surface area contributed by atoms with Gasteiger partial charge in [0.25, 0.3) is 0 Å². The molecule has 0 unspecified atom stereocenters. The van der Waals surface area contributed by atoms with Gasteiger partial charge in [0.2, 0.25) is 5.28 Å².